The van der Waals surface area contributed by atoms with Gasteiger partial charge in [0.1, 0.15) is 5.69 Å². The summed E-state index contributed by atoms with van der Waals surface area (Å²) in [5.74, 6) is 0.452. The summed E-state index contributed by atoms with van der Waals surface area (Å²) in [6.45, 7) is 6.19. The summed E-state index contributed by atoms with van der Waals surface area (Å²) in [6.07, 6.45) is 5.06. The number of anilines is 1. The van der Waals surface area contributed by atoms with Crippen molar-refractivity contribution in [2.24, 2.45) is 0 Å². The summed E-state index contributed by atoms with van der Waals surface area (Å²) < 4.78 is 0. The lowest BCUT2D eigenvalue weighted by Crippen LogP contribution is -2.31. The van der Waals surface area contributed by atoms with Crippen LogP contribution in [0.4, 0.5) is 5.95 Å². The first kappa shape index (κ1) is 17.9. The van der Waals surface area contributed by atoms with Gasteiger partial charge in [0.2, 0.25) is 5.95 Å². The molecule has 1 aromatic heterocycles. The molecule has 0 bridgehead atoms. The van der Waals surface area contributed by atoms with Crippen molar-refractivity contribution in [2.45, 2.75) is 39.7 Å². The third-order valence-electron chi connectivity index (χ3n) is 3.82. The van der Waals surface area contributed by atoms with E-state index >= 15 is 0 Å². The van der Waals surface area contributed by atoms with Gasteiger partial charge in [0.25, 0.3) is 5.91 Å². The molecule has 1 aromatic carbocycles. The van der Waals surface area contributed by atoms with Gasteiger partial charge in [-0.15, -0.1) is 0 Å². The van der Waals surface area contributed by atoms with Crippen molar-refractivity contribution >= 4 is 11.9 Å². The molecule has 0 fully saturated rings. The highest BCUT2D eigenvalue weighted by Crippen LogP contribution is 2.10. The standard InChI is InChI=1S/C19H26N4O/c1-3-5-9-13-20-19-21-14-12-17(22-19)18(24)23(4-2)15-16-10-7-6-8-11-16/h6-8,10-12,14H,3-5,9,13,15H2,1-2H3,(H,20,21,22). The summed E-state index contributed by atoms with van der Waals surface area (Å²) in [5, 5.41) is 3.19. The normalized spacial score (nSPS) is 10.4. The SMILES string of the molecule is CCCCCNc1nccc(C(=O)N(CC)Cc2ccccc2)n1. The molecule has 1 heterocycles. The van der Waals surface area contributed by atoms with E-state index in [9.17, 15) is 4.79 Å². The first-order chi connectivity index (χ1) is 11.7. The number of hydrogen-bond acceptors (Lipinski definition) is 4. The molecular formula is C19H26N4O. The van der Waals surface area contributed by atoms with Crippen molar-refractivity contribution in [3.63, 3.8) is 0 Å². The largest absolute Gasteiger partial charge is 0.354 e. The number of rotatable bonds is 9. The van der Waals surface area contributed by atoms with Crippen molar-refractivity contribution in [1.29, 1.82) is 0 Å². The number of nitrogens with zero attached hydrogens (tertiary/aromatic N) is 3. The molecule has 2 aromatic rings. The van der Waals surface area contributed by atoms with Crippen LogP contribution in [0.25, 0.3) is 0 Å². The average Bonchev–Trinajstić information content (AvgIpc) is 2.64. The second-order valence-electron chi connectivity index (χ2n) is 5.70. The van der Waals surface area contributed by atoms with Gasteiger partial charge in [-0.1, -0.05) is 50.1 Å². The van der Waals surface area contributed by atoms with E-state index in [-0.39, 0.29) is 5.91 Å². The molecule has 0 radical (unpaired) electrons. The Kier molecular flexibility index (Phi) is 7.21. The number of carbonyl (C=O) groups excluding carboxylic acids is 1. The molecule has 5 nitrogen and oxygen atoms in total. The molecule has 0 atom stereocenters. The maximum atomic E-state index is 12.7. The molecular weight excluding hydrogens is 300 g/mol. The van der Waals surface area contributed by atoms with Crippen molar-refractivity contribution in [1.82, 2.24) is 14.9 Å². The topological polar surface area (TPSA) is 58.1 Å². The maximum Gasteiger partial charge on any atom is 0.272 e. The Morgan fingerprint density at radius 3 is 2.62 bits per heavy atom. The van der Waals surface area contributed by atoms with Crippen LogP contribution in [0, 0.1) is 0 Å². The number of carbonyl (C=O) groups is 1. The van der Waals surface area contributed by atoms with Crippen LogP contribution < -0.4 is 5.32 Å². The Bertz CT molecular complexity index is 630. The van der Waals surface area contributed by atoms with Gasteiger partial charge in [0, 0.05) is 25.8 Å². The van der Waals surface area contributed by atoms with Gasteiger partial charge in [-0.3, -0.25) is 4.79 Å². The van der Waals surface area contributed by atoms with Crippen LogP contribution in [-0.4, -0.2) is 33.9 Å². The lowest BCUT2D eigenvalue weighted by Gasteiger charge is -2.20. The molecule has 1 N–H and O–H groups in total. The monoisotopic (exact) mass is 326 g/mol. The van der Waals surface area contributed by atoms with Gasteiger partial charge in [-0.25, -0.2) is 9.97 Å². The third kappa shape index (κ3) is 5.33. The van der Waals surface area contributed by atoms with Gasteiger partial charge < -0.3 is 10.2 Å². The molecule has 0 unspecified atom stereocenters. The van der Waals surface area contributed by atoms with Crippen molar-refractivity contribution < 1.29 is 4.79 Å². The van der Waals surface area contributed by atoms with Gasteiger partial charge in [0.15, 0.2) is 0 Å². The fraction of sp³-hybridized carbons (Fsp3) is 0.421. The number of nitrogens with one attached hydrogen (secondary N) is 1. The third-order valence-corrected chi connectivity index (χ3v) is 3.82. The lowest BCUT2D eigenvalue weighted by molar-refractivity contribution is 0.0746. The zero-order chi connectivity index (χ0) is 17.2. The van der Waals surface area contributed by atoms with Crippen LogP contribution in [0.3, 0.4) is 0 Å². The fourth-order valence-corrected chi connectivity index (χ4v) is 2.43. The van der Waals surface area contributed by atoms with Crippen molar-refractivity contribution in [2.75, 3.05) is 18.4 Å². The predicted octanol–water partition coefficient (Wildman–Crippen LogP) is 3.74. The van der Waals surface area contributed by atoms with Gasteiger partial charge >= 0.3 is 0 Å². The predicted molar refractivity (Wildman–Crippen MR) is 96.9 cm³/mol. The fourth-order valence-electron chi connectivity index (χ4n) is 2.43. The molecule has 5 heteroatoms. The first-order valence-electron chi connectivity index (χ1n) is 8.64. The van der Waals surface area contributed by atoms with Crippen LogP contribution in [0.1, 0.15) is 49.2 Å². The Morgan fingerprint density at radius 2 is 1.92 bits per heavy atom. The number of unbranched alkanes of at least 4 members (excludes halogenated alkanes) is 2. The first-order valence-corrected chi connectivity index (χ1v) is 8.64. The Balaban J connectivity index is 2.01. The Morgan fingerprint density at radius 1 is 1.12 bits per heavy atom. The van der Waals surface area contributed by atoms with Crippen LogP contribution >= 0.6 is 0 Å². The average molecular weight is 326 g/mol. The van der Waals surface area contributed by atoms with Gasteiger partial charge in [-0.05, 0) is 25.0 Å². The van der Waals surface area contributed by atoms with Gasteiger partial charge in [-0.2, -0.15) is 0 Å². The number of amides is 1. The minimum Gasteiger partial charge on any atom is -0.354 e. The second-order valence-corrected chi connectivity index (χ2v) is 5.70. The minimum atomic E-state index is -0.0691. The zero-order valence-corrected chi connectivity index (χ0v) is 14.5. The number of aromatic nitrogens is 2. The molecule has 0 saturated heterocycles. The van der Waals surface area contributed by atoms with E-state index in [2.05, 4.69) is 22.2 Å². The molecule has 2 rings (SSSR count). The molecule has 0 aliphatic rings. The summed E-state index contributed by atoms with van der Waals surface area (Å²) in [4.78, 5) is 23.1. The summed E-state index contributed by atoms with van der Waals surface area (Å²) in [5.41, 5.74) is 1.54. The molecule has 0 saturated carbocycles. The highest BCUT2D eigenvalue weighted by molar-refractivity contribution is 5.92. The maximum absolute atomic E-state index is 12.7. The molecule has 128 valence electrons. The lowest BCUT2D eigenvalue weighted by atomic mass is 10.2. The summed E-state index contributed by atoms with van der Waals surface area (Å²) in [6, 6.07) is 11.7. The minimum absolute atomic E-state index is 0.0691. The van der Waals surface area contributed by atoms with Gasteiger partial charge in [0.05, 0.1) is 0 Å². The number of benzene rings is 1. The van der Waals surface area contributed by atoms with E-state index in [0.29, 0.717) is 24.7 Å². The highest BCUT2D eigenvalue weighted by Gasteiger charge is 2.16. The van der Waals surface area contributed by atoms with Crippen molar-refractivity contribution in [3.8, 4) is 0 Å². The zero-order valence-electron chi connectivity index (χ0n) is 14.5. The van der Waals surface area contributed by atoms with E-state index in [4.69, 9.17) is 0 Å². The smallest absolute Gasteiger partial charge is 0.272 e. The van der Waals surface area contributed by atoms with Crippen LogP contribution in [0.2, 0.25) is 0 Å². The van der Waals surface area contributed by atoms with Crippen molar-refractivity contribution in [3.05, 3.63) is 53.9 Å². The molecule has 0 aliphatic heterocycles. The summed E-state index contributed by atoms with van der Waals surface area (Å²) >= 11 is 0. The van der Waals surface area contributed by atoms with E-state index in [1.165, 1.54) is 12.8 Å². The quantitative estimate of drug-likeness (QED) is 0.713. The van der Waals surface area contributed by atoms with E-state index in [1.54, 1.807) is 17.2 Å². The van der Waals surface area contributed by atoms with E-state index in [1.807, 2.05) is 37.3 Å². The Labute approximate surface area is 144 Å². The molecule has 1 amide bonds. The number of hydrogen-bond donors (Lipinski definition) is 1. The van der Waals surface area contributed by atoms with E-state index in [0.717, 1.165) is 18.5 Å². The van der Waals surface area contributed by atoms with Crippen LogP contribution in [0.5, 0.6) is 0 Å². The van der Waals surface area contributed by atoms with Crippen LogP contribution in [0.15, 0.2) is 42.6 Å². The van der Waals surface area contributed by atoms with E-state index < -0.39 is 0 Å². The Hall–Kier alpha value is -2.43. The second kappa shape index (κ2) is 9.65. The van der Waals surface area contributed by atoms with Crippen LogP contribution in [-0.2, 0) is 6.54 Å². The molecule has 0 spiro atoms. The highest BCUT2D eigenvalue weighted by atomic mass is 16.2. The molecule has 24 heavy (non-hydrogen) atoms. The summed E-state index contributed by atoms with van der Waals surface area (Å²) in [7, 11) is 0. The molecule has 0 aliphatic carbocycles.